The molecule has 0 radical (unpaired) electrons. The Balaban J connectivity index is 1.41. The third kappa shape index (κ3) is 4.74. The molecule has 0 N–H and O–H groups in total. The highest BCUT2D eigenvalue weighted by molar-refractivity contribution is 6.30. The van der Waals surface area contributed by atoms with Crippen molar-refractivity contribution in [3.05, 3.63) is 47.7 Å². The molecule has 6 nitrogen and oxygen atoms in total. The van der Waals surface area contributed by atoms with Gasteiger partial charge in [-0.15, -0.1) is 0 Å². The number of nitrogens with zero attached hydrogens (tertiary/aromatic N) is 4. The molecule has 25 heavy (non-hydrogen) atoms. The van der Waals surface area contributed by atoms with E-state index in [2.05, 4.69) is 10.00 Å². The second-order valence-electron chi connectivity index (χ2n) is 6.14. The van der Waals surface area contributed by atoms with Gasteiger partial charge in [-0.25, -0.2) is 0 Å². The molecule has 1 saturated heterocycles. The standard InChI is InChI=1S/C18H23ClN4O2/c1-15(23-14-16(19)13-20-23)18(24)22-9-7-21(8-10-22)11-12-25-17-5-3-2-4-6-17/h2-6,13-15H,7-12H2,1H3/t15-/m1/s1. The highest BCUT2D eigenvalue weighted by Crippen LogP contribution is 2.15. The van der Waals surface area contributed by atoms with Crippen LogP contribution in [0, 0.1) is 0 Å². The average Bonchev–Trinajstić information content (AvgIpc) is 3.08. The minimum Gasteiger partial charge on any atom is -0.492 e. The summed E-state index contributed by atoms with van der Waals surface area (Å²) in [5.41, 5.74) is 0. The van der Waals surface area contributed by atoms with Gasteiger partial charge in [0.05, 0.1) is 11.2 Å². The van der Waals surface area contributed by atoms with E-state index in [1.165, 1.54) is 0 Å². The van der Waals surface area contributed by atoms with Crippen LogP contribution in [0.2, 0.25) is 5.02 Å². The maximum atomic E-state index is 12.6. The molecule has 0 bridgehead atoms. The van der Waals surface area contributed by atoms with Gasteiger partial charge in [-0.05, 0) is 19.1 Å². The first kappa shape index (κ1) is 17.8. The molecule has 1 fully saturated rings. The second-order valence-corrected chi connectivity index (χ2v) is 6.58. The summed E-state index contributed by atoms with van der Waals surface area (Å²) in [5.74, 6) is 0.975. The predicted octanol–water partition coefficient (Wildman–Crippen LogP) is 2.32. The SMILES string of the molecule is C[C@H](C(=O)N1CCN(CCOc2ccccc2)CC1)n1cc(Cl)cn1. The second kappa shape index (κ2) is 8.36. The van der Waals surface area contributed by atoms with Crippen LogP contribution in [0.15, 0.2) is 42.7 Å². The fourth-order valence-corrected chi connectivity index (χ4v) is 3.05. The minimum absolute atomic E-state index is 0.0833. The lowest BCUT2D eigenvalue weighted by atomic mass is 10.2. The Morgan fingerprint density at radius 2 is 1.96 bits per heavy atom. The Morgan fingerprint density at radius 1 is 1.24 bits per heavy atom. The molecule has 2 aromatic rings. The van der Waals surface area contributed by atoms with E-state index in [9.17, 15) is 4.79 Å². The summed E-state index contributed by atoms with van der Waals surface area (Å²) >= 11 is 5.88. The van der Waals surface area contributed by atoms with E-state index in [1.807, 2.05) is 42.2 Å². The average molecular weight is 363 g/mol. The van der Waals surface area contributed by atoms with Crippen LogP contribution in [0.5, 0.6) is 5.75 Å². The number of hydrogen-bond acceptors (Lipinski definition) is 4. The number of ether oxygens (including phenoxy) is 1. The first-order chi connectivity index (χ1) is 12.1. The summed E-state index contributed by atoms with van der Waals surface area (Å²) in [6.45, 7) is 6.53. The molecule has 0 saturated carbocycles. The van der Waals surface area contributed by atoms with Gasteiger partial charge < -0.3 is 9.64 Å². The van der Waals surface area contributed by atoms with Gasteiger partial charge in [0.25, 0.3) is 0 Å². The summed E-state index contributed by atoms with van der Waals surface area (Å²) < 4.78 is 7.35. The third-order valence-electron chi connectivity index (χ3n) is 4.43. The van der Waals surface area contributed by atoms with Gasteiger partial charge in [-0.3, -0.25) is 14.4 Å². The quantitative estimate of drug-likeness (QED) is 0.791. The molecular weight excluding hydrogens is 340 g/mol. The molecule has 0 unspecified atom stereocenters. The molecule has 0 aliphatic carbocycles. The summed E-state index contributed by atoms with van der Waals surface area (Å²) in [4.78, 5) is 16.8. The van der Waals surface area contributed by atoms with Crippen LogP contribution in [0.1, 0.15) is 13.0 Å². The third-order valence-corrected chi connectivity index (χ3v) is 4.62. The van der Waals surface area contributed by atoms with Gasteiger partial charge in [0.2, 0.25) is 5.91 Å². The van der Waals surface area contributed by atoms with Crippen LogP contribution in [0.4, 0.5) is 0 Å². The van der Waals surface area contributed by atoms with Gasteiger partial charge in [0.15, 0.2) is 0 Å². The Bertz CT molecular complexity index is 683. The lowest BCUT2D eigenvalue weighted by molar-refractivity contribution is -0.136. The smallest absolute Gasteiger partial charge is 0.247 e. The predicted molar refractivity (Wildman–Crippen MR) is 96.9 cm³/mol. The first-order valence-corrected chi connectivity index (χ1v) is 8.90. The number of carbonyl (C=O) groups excluding carboxylic acids is 1. The van der Waals surface area contributed by atoms with E-state index in [1.54, 1.807) is 17.1 Å². The Morgan fingerprint density at radius 3 is 2.60 bits per heavy atom. The molecule has 1 aliphatic heterocycles. The Hall–Kier alpha value is -2.05. The molecule has 1 aromatic carbocycles. The number of amides is 1. The van der Waals surface area contributed by atoms with Gasteiger partial charge >= 0.3 is 0 Å². The van der Waals surface area contributed by atoms with E-state index in [0.29, 0.717) is 11.6 Å². The van der Waals surface area contributed by atoms with Crippen LogP contribution < -0.4 is 4.74 Å². The number of halogens is 1. The number of piperazine rings is 1. The maximum Gasteiger partial charge on any atom is 0.247 e. The highest BCUT2D eigenvalue weighted by Gasteiger charge is 2.26. The van der Waals surface area contributed by atoms with E-state index in [-0.39, 0.29) is 11.9 Å². The van der Waals surface area contributed by atoms with Crippen molar-refractivity contribution < 1.29 is 9.53 Å². The zero-order valence-corrected chi connectivity index (χ0v) is 15.1. The zero-order chi connectivity index (χ0) is 17.6. The van der Waals surface area contributed by atoms with Crippen LogP contribution in [0.25, 0.3) is 0 Å². The number of aromatic nitrogens is 2. The number of hydrogen-bond donors (Lipinski definition) is 0. The number of carbonyl (C=O) groups is 1. The van der Waals surface area contributed by atoms with Gasteiger partial charge in [0, 0.05) is 38.9 Å². The van der Waals surface area contributed by atoms with Crippen LogP contribution in [-0.4, -0.2) is 64.8 Å². The summed E-state index contributed by atoms with van der Waals surface area (Å²) in [6, 6.07) is 9.49. The fraction of sp³-hybridized carbons (Fsp3) is 0.444. The largest absolute Gasteiger partial charge is 0.492 e. The van der Waals surface area contributed by atoms with Crippen LogP contribution in [0.3, 0.4) is 0 Å². The van der Waals surface area contributed by atoms with Crippen molar-refractivity contribution in [1.29, 1.82) is 0 Å². The van der Waals surface area contributed by atoms with Crippen molar-refractivity contribution in [3.63, 3.8) is 0 Å². The number of rotatable bonds is 6. The van der Waals surface area contributed by atoms with Gasteiger partial charge in [-0.1, -0.05) is 29.8 Å². The summed E-state index contributed by atoms with van der Waals surface area (Å²) in [6.07, 6.45) is 3.23. The maximum absolute atomic E-state index is 12.6. The molecule has 2 heterocycles. The minimum atomic E-state index is -0.333. The van der Waals surface area contributed by atoms with E-state index < -0.39 is 0 Å². The van der Waals surface area contributed by atoms with Gasteiger partial charge in [0.1, 0.15) is 18.4 Å². The zero-order valence-electron chi connectivity index (χ0n) is 14.3. The fourth-order valence-electron chi connectivity index (χ4n) is 2.91. The first-order valence-electron chi connectivity index (χ1n) is 8.52. The van der Waals surface area contributed by atoms with Crippen molar-refractivity contribution in [2.45, 2.75) is 13.0 Å². The lowest BCUT2D eigenvalue weighted by Gasteiger charge is -2.35. The van der Waals surface area contributed by atoms with Crippen molar-refractivity contribution in [2.75, 3.05) is 39.3 Å². The highest BCUT2D eigenvalue weighted by atomic mass is 35.5. The van der Waals surface area contributed by atoms with Crippen molar-refractivity contribution in [1.82, 2.24) is 19.6 Å². The van der Waals surface area contributed by atoms with Crippen LogP contribution >= 0.6 is 11.6 Å². The van der Waals surface area contributed by atoms with E-state index in [0.717, 1.165) is 38.5 Å². The molecule has 1 atom stereocenters. The lowest BCUT2D eigenvalue weighted by Crippen LogP contribution is -2.51. The molecule has 7 heteroatoms. The molecular formula is C18H23ClN4O2. The summed E-state index contributed by atoms with van der Waals surface area (Å²) in [5, 5.41) is 4.67. The Labute approximate surface area is 152 Å². The molecule has 1 amide bonds. The van der Waals surface area contributed by atoms with Crippen LogP contribution in [-0.2, 0) is 4.79 Å². The van der Waals surface area contributed by atoms with E-state index in [4.69, 9.17) is 16.3 Å². The molecule has 0 spiro atoms. The molecule has 1 aromatic heterocycles. The molecule has 134 valence electrons. The normalized spacial score (nSPS) is 16.6. The summed E-state index contributed by atoms with van der Waals surface area (Å²) in [7, 11) is 0. The number of para-hydroxylation sites is 1. The van der Waals surface area contributed by atoms with E-state index >= 15 is 0 Å². The van der Waals surface area contributed by atoms with Crippen molar-refractivity contribution in [3.8, 4) is 5.75 Å². The Kier molecular flexibility index (Phi) is 5.94. The van der Waals surface area contributed by atoms with Crippen molar-refractivity contribution >= 4 is 17.5 Å². The number of benzene rings is 1. The van der Waals surface area contributed by atoms with Gasteiger partial charge in [-0.2, -0.15) is 5.10 Å². The van der Waals surface area contributed by atoms with Crippen molar-refractivity contribution in [2.24, 2.45) is 0 Å². The molecule has 3 rings (SSSR count). The monoisotopic (exact) mass is 362 g/mol. The molecule has 1 aliphatic rings. The topological polar surface area (TPSA) is 50.6 Å².